The zero-order valence-corrected chi connectivity index (χ0v) is 13.0. The third-order valence-corrected chi connectivity index (χ3v) is 3.69. The van der Waals surface area contributed by atoms with E-state index in [1.807, 2.05) is 16.9 Å². The first-order chi connectivity index (χ1) is 10.2. The Morgan fingerprint density at radius 3 is 2.76 bits per heavy atom. The Balaban J connectivity index is 2.05. The zero-order chi connectivity index (χ0) is 15.2. The number of carbonyl (C=O) groups is 1. The molecule has 0 saturated carbocycles. The molecule has 0 atom stereocenters. The number of rotatable bonds is 7. The Morgan fingerprint density at radius 1 is 1.33 bits per heavy atom. The van der Waals surface area contributed by atoms with Gasteiger partial charge in [0.1, 0.15) is 12.4 Å². The Morgan fingerprint density at radius 2 is 2.10 bits per heavy atom. The predicted octanol–water partition coefficient (Wildman–Crippen LogP) is 4.29. The minimum absolute atomic E-state index is 0.329. The molecule has 0 saturated heterocycles. The molecule has 1 aromatic heterocycles. The van der Waals surface area contributed by atoms with Crippen LogP contribution < -0.4 is 4.74 Å². The van der Waals surface area contributed by atoms with Gasteiger partial charge in [0.2, 0.25) is 0 Å². The number of hydrogen-bond acceptors (Lipinski definition) is 3. The summed E-state index contributed by atoms with van der Waals surface area (Å²) < 4.78 is 7.64. The molecular formula is C16H19ClN2O2. The highest BCUT2D eigenvalue weighted by Gasteiger charge is 2.09. The smallest absolute Gasteiger partial charge is 0.153 e. The van der Waals surface area contributed by atoms with Gasteiger partial charge in [0.05, 0.1) is 17.3 Å². The monoisotopic (exact) mass is 306 g/mol. The molecule has 0 fully saturated rings. The van der Waals surface area contributed by atoms with E-state index in [2.05, 4.69) is 18.9 Å². The second-order valence-corrected chi connectivity index (χ2v) is 5.28. The van der Waals surface area contributed by atoms with Crippen LogP contribution in [0.2, 0.25) is 5.02 Å². The molecule has 4 nitrogen and oxygen atoms in total. The molecule has 1 heterocycles. The first kappa shape index (κ1) is 15.6. The number of nitrogens with zero attached hydrogens (tertiary/aromatic N) is 2. The van der Waals surface area contributed by atoms with Crippen LogP contribution in [0.5, 0.6) is 5.75 Å². The summed E-state index contributed by atoms with van der Waals surface area (Å²) in [5.41, 5.74) is 1.29. The zero-order valence-electron chi connectivity index (χ0n) is 12.3. The maximum absolute atomic E-state index is 11.0. The summed E-state index contributed by atoms with van der Waals surface area (Å²) in [4.78, 5) is 11.0. The highest BCUT2D eigenvalue weighted by molar-refractivity contribution is 6.30. The quantitative estimate of drug-likeness (QED) is 0.717. The van der Waals surface area contributed by atoms with Gasteiger partial charge in [-0.25, -0.2) is 0 Å². The number of ether oxygens (including phenoxy) is 1. The Hall–Kier alpha value is -1.81. The van der Waals surface area contributed by atoms with Gasteiger partial charge in [-0.2, -0.15) is 5.10 Å². The molecule has 1 aromatic carbocycles. The van der Waals surface area contributed by atoms with Crippen molar-refractivity contribution in [3.63, 3.8) is 0 Å². The van der Waals surface area contributed by atoms with Crippen molar-refractivity contribution in [1.29, 1.82) is 0 Å². The van der Waals surface area contributed by atoms with Crippen LogP contribution in [0, 0.1) is 0 Å². The first-order valence-corrected chi connectivity index (χ1v) is 7.47. The molecule has 112 valence electrons. The average molecular weight is 307 g/mol. The summed E-state index contributed by atoms with van der Waals surface area (Å²) in [6, 6.07) is 7.35. The SMILES string of the molecule is CCC(CC)n1ccc(COc2ccc(Cl)cc2C=O)n1. The van der Waals surface area contributed by atoms with Gasteiger partial charge in [-0.05, 0) is 37.1 Å². The first-order valence-electron chi connectivity index (χ1n) is 7.09. The molecule has 0 aliphatic carbocycles. The second kappa shape index (κ2) is 7.27. The molecule has 21 heavy (non-hydrogen) atoms. The summed E-state index contributed by atoms with van der Waals surface area (Å²) in [5.74, 6) is 0.520. The van der Waals surface area contributed by atoms with Crippen LogP contribution in [0.3, 0.4) is 0 Å². The lowest BCUT2D eigenvalue weighted by Gasteiger charge is -2.12. The van der Waals surface area contributed by atoms with Gasteiger partial charge >= 0.3 is 0 Å². The van der Waals surface area contributed by atoms with Crippen molar-refractivity contribution in [2.24, 2.45) is 0 Å². The highest BCUT2D eigenvalue weighted by atomic mass is 35.5. The average Bonchev–Trinajstić information content (AvgIpc) is 2.96. The van der Waals surface area contributed by atoms with Crippen LogP contribution in [0.15, 0.2) is 30.5 Å². The van der Waals surface area contributed by atoms with Crippen LogP contribution in [0.1, 0.15) is 48.8 Å². The maximum Gasteiger partial charge on any atom is 0.153 e. The van der Waals surface area contributed by atoms with Crippen molar-refractivity contribution in [3.05, 3.63) is 46.7 Å². The topological polar surface area (TPSA) is 44.1 Å². The van der Waals surface area contributed by atoms with Crippen LogP contribution in [-0.2, 0) is 6.61 Å². The molecule has 0 unspecified atom stereocenters. The molecule has 0 aliphatic heterocycles. The highest BCUT2D eigenvalue weighted by Crippen LogP contribution is 2.22. The lowest BCUT2D eigenvalue weighted by Crippen LogP contribution is -2.08. The molecule has 0 amide bonds. The number of benzene rings is 1. The molecule has 0 N–H and O–H groups in total. The van der Waals surface area contributed by atoms with Gasteiger partial charge in [-0.1, -0.05) is 25.4 Å². The largest absolute Gasteiger partial charge is 0.486 e. The number of aromatic nitrogens is 2. The second-order valence-electron chi connectivity index (χ2n) is 4.85. The number of hydrogen-bond donors (Lipinski definition) is 0. The minimum Gasteiger partial charge on any atom is -0.486 e. The van der Waals surface area contributed by atoms with Gasteiger partial charge in [-0.3, -0.25) is 9.48 Å². The van der Waals surface area contributed by atoms with Crippen molar-refractivity contribution in [3.8, 4) is 5.75 Å². The van der Waals surface area contributed by atoms with E-state index in [1.165, 1.54) is 0 Å². The van der Waals surface area contributed by atoms with Gasteiger partial charge in [-0.15, -0.1) is 0 Å². The van der Waals surface area contributed by atoms with E-state index in [0.29, 0.717) is 29.0 Å². The summed E-state index contributed by atoms with van der Waals surface area (Å²) in [5, 5.41) is 5.03. The standard InChI is InChI=1S/C16H19ClN2O2/c1-3-15(4-2)19-8-7-14(18-19)11-21-16-6-5-13(17)9-12(16)10-20/h5-10,15H,3-4,11H2,1-2H3. The maximum atomic E-state index is 11.0. The molecule has 5 heteroatoms. The van der Waals surface area contributed by atoms with E-state index in [9.17, 15) is 4.79 Å². The van der Waals surface area contributed by atoms with Gasteiger partial charge in [0.15, 0.2) is 6.29 Å². The minimum atomic E-state index is 0.329. The fourth-order valence-electron chi connectivity index (χ4n) is 2.22. The predicted molar refractivity (Wildman–Crippen MR) is 83.0 cm³/mol. The van der Waals surface area contributed by atoms with Crippen molar-refractivity contribution in [2.45, 2.75) is 39.3 Å². The van der Waals surface area contributed by atoms with Crippen molar-refractivity contribution < 1.29 is 9.53 Å². The summed E-state index contributed by atoms with van der Waals surface area (Å²) in [6.07, 6.45) is 4.80. The van der Waals surface area contributed by atoms with Gasteiger partial charge in [0.25, 0.3) is 0 Å². The fourth-order valence-corrected chi connectivity index (χ4v) is 2.40. The molecule has 2 rings (SSSR count). The van der Waals surface area contributed by atoms with E-state index in [4.69, 9.17) is 16.3 Å². The number of aldehydes is 1. The van der Waals surface area contributed by atoms with E-state index in [-0.39, 0.29) is 0 Å². The lowest BCUT2D eigenvalue weighted by molar-refractivity contribution is 0.111. The molecule has 0 aliphatic rings. The lowest BCUT2D eigenvalue weighted by atomic mass is 10.2. The van der Waals surface area contributed by atoms with Crippen molar-refractivity contribution in [1.82, 2.24) is 9.78 Å². The summed E-state index contributed by atoms with van der Waals surface area (Å²) in [6.45, 7) is 4.63. The molecule has 0 spiro atoms. The Labute approximate surface area is 129 Å². The molecule has 2 aromatic rings. The van der Waals surface area contributed by atoms with Crippen LogP contribution in [0.4, 0.5) is 0 Å². The fraction of sp³-hybridized carbons (Fsp3) is 0.375. The van der Waals surface area contributed by atoms with E-state index in [0.717, 1.165) is 24.8 Å². The van der Waals surface area contributed by atoms with Gasteiger partial charge in [0, 0.05) is 11.2 Å². The van der Waals surface area contributed by atoms with Crippen molar-refractivity contribution >= 4 is 17.9 Å². The third kappa shape index (κ3) is 3.85. The van der Waals surface area contributed by atoms with Crippen LogP contribution in [-0.4, -0.2) is 16.1 Å². The summed E-state index contributed by atoms with van der Waals surface area (Å²) in [7, 11) is 0. The Kier molecular flexibility index (Phi) is 5.39. The van der Waals surface area contributed by atoms with E-state index in [1.54, 1.807) is 18.2 Å². The molecule has 0 radical (unpaired) electrons. The third-order valence-electron chi connectivity index (χ3n) is 3.45. The molecule has 0 bridgehead atoms. The Bertz CT molecular complexity index is 606. The van der Waals surface area contributed by atoms with Crippen molar-refractivity contribution in [2.75, 3.05) is 0 Å². The van der Waals surface area contributed by atoms with Gasteiger partial charge < -0.3 is 4.74 Å². The van der Waals surface area contributed by atoms with Crippen LogP contribution >= 0.6 is 11.6 Å². The number of halogens is 1. The summed E-state index contributed by atoms with van der Waals surface area (Å²) >= 11 is 5.85. The normalized spacial score (nSPS) is 10.9. The number of carbonyl (C=O) groups excluding carboxylic acids is 1. The molecular weight excluding hydrogens is 288 g/mol. The van der Waals surface area contributed by atoms with E-state index < -0.39 is 0 Å². The van der Waals surface area contributed by atoms with Crippen LogP contribution in [0.25, 0.3) is 0 Å². The van der Waals surface area contributed by atoms with E-state index >= 15 is 0 Å².